The molecule has 1 aliphatic heterocycles. The Labute approximate surface area is 107 Å². The molecule has 98 valence electrons. The highest BCUT2D eigenvalue weighted by molar-refractivity contribution is 5.94. The van der Waals surface area contributed by atoms with E-state index in [1.54, 1.807) is 24.3 Å². The predicted octanol–water partition coefficient (Wildman–Crippen LogP) is 0.796. The van der Waals surface area contributed by atoms with Crippen LogP contribution in [0, 0.1) is 0 Å². The Morgan fingerprint density at radius 2 is 2.17 bits per heavy atom. The summed E-state index contributed by atoms with van der Waals surface area (Å²) in [6, 6.07) is 7.58. The molecule has 1 fully saturated rings. The number of carbonyl (C=O) groups excluding carboxylic acids is 1. The van der Waals surface area contributed by atoms with Crippen LogP contribution in [0.4, 0.5) is 5.69 Å². The van der Waals surface area contributed by atoms with Gasteiger partial charge >= 0.3 is 0 Å². The molecule has 1 aromatic rings. The maximum absolute atomic E-state index is 11.9. The average Bonchev–Trinajstić information content (AvgIpc) is 2.81. The molecule has 0 bridgehead atoms. The Morgan fingerprint density at radius 1 is 1.44 bits per heavy atom. The van der Waals surface area contributed by atoms with E-state index in [-0.39, 0.29) is 5.91 Å². The number of rotatable bonds is 4. The van der Waals surface area contributed by atoms with Gasteiger partial charge in [0.05, 0.1) is 0 Å². The van der Waals surface area contributed by atoms with Crippen LogP contribution >= 0.6 is 0 Å². The zero-order valence-electron chi connectivity index (χ0n) is 10.6. The van der Waals surface area contributed by atoms with Crippen molar-refractivity contribution in [1.29, 1.82) is 0 Å². The standard InChI is InChI=1S/C13H20N4O/c1-17-8-2-3-12(17)9-15-13(18)10-4-6-11(16-14)7-5-10/h4-7,12,16H,2-3,8-9,14H2,1H3,(H,15,18). The summed E-state index contributed by atoms with van der Waals surface area (Å²) in [6.07, 6.45) is 2.38. The Morgan fingerprint density at radius 3 is 2.72 bits per heavy atom. The van der Waals surface area contributed by atoms with Crippen molar-refractivity contribution in [2.45, 2.75) is 18.9 Å². The fourth-order valence-electron chi connectivity index (χ4n) is 2.27. The quantitative estimate of drug-likeness (QED) is 0.544. The van der Waals surface area contributed by atoms with Crippen molar-refractivity contribution < 1.29 is 4.79 Å². The van der Waals surface area contributed by atoms with Crippen molar-refractivity contribution in [2.24, 2.45) is 5.84 Å². The lowest BCUT2D eigenvalue weighted by molar-refractivity contribution is 0.0943. The molecule has 5 heteroatoms. The van der Waals surface area contributed by atoms with Crippen LogP contribution in [0.5, 0.6) is 0 Å². The Bertz CT molecular complexity index is 404. The van der Waals surface area contributed by atoms with E-state index >= 15 is 0 Å². The summed E-state index contributed by atoms with van der Waals surface area (Å²) in [4.78, 5) is 14.2. The number of nitrogen functional groups attached to an aromatic ring is 1. The highest BCUT2D eigenvalue weighted by Gasteiger charge is 2.21. The molecule has 1 aliphatic rings. The second-order valence-corrected chi connectivity index (χ2v) is 4.71. The maximum atomic E-state index is 11.9. The highest BCUT2D eigenvalue weighted by atomic mass is 16.1. The van der Waals surface area contributed by atoms with Crippen LogP contribution in [0.25, 0.3) is 0 Å². The number of nitrogens with two attached hydrogens (primary N) is 1. The SMILES string of the molecule is CN1CCCC1CNC(=O)c1ccc(NN)cc1. The lowest BCUT2D eigenvalue weighted by Gasteiger charge is -2.19. The molecule has 1 aromatic carbocycles. The fraction of sp³-hybridized carbons (Fsp3) is 0.462. The van der Waals surface area contributed by atoms with Crippen LogP contribution in [0.15, 0.2) is 24.3 Å². The number of nitrogens with one attached hydrogen (secondary N) is 2. The van der Waals surface area contributed by atoms with Crippen LogP contribution in [-0.4, -0.2) is 37.0 Å². The predicted molar refractivity (Wildman–Crippen MR) is 72.2 cm³/mol. The third-order valence-electron chi connectivity index (χ3n) is 3.48. The van der Waals surface area contributed by atoms with E-state index < -0.39 is 0 Å². The van der Waals surface area contributed by atoms with Gasteiger partial charge in [-0.25, -0.2) is 0 Å². The third-order valence-corrected chi connectivity index (χ3v) is 3.48. The maximum Gasteiger partial charge on any atom is 0.251 e. The number of hydrogen-bond acceptors (Lipinski definition) is 4. The molecule has 4 N–H and O–H groups in total. The van der Waals surface area contributed by atoms with Crippen molar-refractivity contribution in [3.8, 4) is 0 Å². The van der Waals surface area contributed by atoms with Gasteiger partial charge < -0.3 is 15.6 Å². The van der Waals surface area contributed by atoms with E-state index in [1.165, 1.54) is 6.42 Å². The zero-order valence-corrected chi connectivity index (χ0v) is 10.6. The summed E-state index contributed by atoms with van der Waals surface area (Å²) >= 11 is 0. The number of anilines is 1. The minimum atomic E-state index is -0.0288. The van der Waals surface area contributed by atoms with E-state index in [2.05, 4.69) is 22.7 Å². The second-order valence-electron chi connectivity index (χ2n) is 4.71. The molecule has 2 rings (SSSR count). The Hall–Kier alpha value is -1.59. The van der Waals surface area contributed by atoms with Crippen molar-refractivity contribution in [3.05, 3.63) is 29.8 Å². The Kier molecular flexibility index (Phi) is 4.17. The van der Waals surface area contributed by atoms with Gasteiger partial charge in [-0.1, -0.05) is 0 Å². The van der Waals surface area contributed by atoms with Crippen molar-refractivity contribution in [1.82, 2.24) is 10.2 Å². The first kappa shape index (κ1) is 12.9. The smallest absolute Gasteiger partial charge is 0.251 e. The summed E-state index contributed by atoms with van der Waals surface area (Å²) < 4.78 is 0. The molecule has 0 aromatic heterocycles. The molecule has 0 saturated carbocycles. The Balaban J connectivity index is 1.87. The first-order valence-corrected chi connectivity index (χ1v) is 6.26. The molecule has 1 unspecified atom stereocenters. The minimum absolute atomic E-state index is 0.0288. The van der Waals surface area contributed by atoms with E-state index in [9.17, 15) is 4.79 Å². The largest absolute Gasteiger partial charge is 0.350 e. The van der Waals surface area contributed by atoms with Gasteiger partial charge in [0, 0.05) is 23.8 Å². The topological polar surface area (TPSA) is 70.4 Å². The zero-order chi connectivity index (χ0) is 13.0. The van der Waals surface area contributed by atoms with Crippen LogP contribution < -0.4 is 16.6 Å². The molecular weight excluding hydrogens is 228 g/mol. The number of likely N-dealkylation sites (tertiary alicyclic amines) is 1. The van der Waals surface area contributed by atoms with Gasteiger partial charge in [0.15, 0.2) is 0 Å². The number of benzene rings is 1. The molecule has 1 atom stereocenters. The van der Waals surface area contributed by atoms with E-state index in [4.69, 9.17) is 5.84 Å². The second kappa shape index (κ2) is 5.84. The molecule has 0 aliphatic carbocycles. The number of hydrogen-bond donors (Lipinski definition) is 3. The molecule has 1 saturated heterocycles. The summed E-state index contributed by atoms with van der Waals surface area (Å²) in [5.74, 6) is 5.25. The van der Waals surface area contributed by atoms with Crippen LogP contribution in [-0.2, 0) is 0 Å². The minimum Gasteiger partial charge on any atom is -0.350 e. The average molecular weight is 248 g/mol. The van der Waals surface area contributed by atoms with E-state index in [0.29, 0.717) is 18.2 Å². The summed E-state index contributed by atoms with van der Waals surface area (Å²) in [6.45, 7) is 1.84. The number of nitrogens with zero attached hydrogens (tertiary/aromatic N) is 1. The van der Waals surface area contributed by atoms with Gasteiger partial charge in [0.1, 0.15) is 0 Å². The van der Waals surface area contributed by atoms with Crippen molar-refractivity contribution in [3.63, 3.8) is 0 Å². The van der Waals surface area contributed by atoms with Gasteiger partial charge in [-0.15, -0.1) is 0 Å². The van der Waals surface area contributed by atoms with Gasteiger partial charge in [0.2, 0.25) is 0 Å². The van der Waals surface area contributed by atoms with Crippen molar-refractivity contribution in [2.75, 3.05) is 25.6 Å². The normalized spacial score (nSPS) is 19.8. The molecule has 1 amide bonds. The molecule has 0 radical (unpaired) electrons. The van der Waals surface area contributed by atoms with Crippen LogP contribution in [0.1, 0.15) is 23.2 Å². The first-order valence-electron chi connectivity index (χ1n) is 6.26. The number of hydrazine groups is 1. The van der Waals surface area contributed by atoms with Gasteiger partial charge in [-0.2, -0.15) is 0 Å². The number of carbonyl (C=O) groups is 1. The van der Waals surface area contributed by atoms with Gasteiger partial charge in [0.25, 0.3) is 5.91 Å². The number of likely N-dealkylation sites (N-methyl/N-ethyl adjacent to an activating group) is 1. The van der Waals surface area contributed by atoms with Gasteiger partial charge in [-0.3, -0.25) is 10.6 Å². The van der Waals surface area contributed by atoms with Crippen LogP contribution in [0.2, 0.25) is 0 Å². The summed E-state index contributed by atoms with van der Waals surface area (Å²) in [5.41, 5.74) is 3.99. The molecule has 0 spiro atoms. The molecule has 18 heavy (non-hydrogen) atoms. The van der Waals surface area contributed by atoms with E-state index in [1.807, 2.05) is 0 Å². The lowest BCUT2D eigenvalue weighted by Crippen LogP contribution is -2.38. The van der Waals surface area contributed by atoms with Crippen LogP contribution in [0.3, 0.4) is 0 Å². The van der Waals surface area contributed by atoms with E-state index in [0.717, 1.165) is 18.7 Å². The molecular formula is C13H20N4O. The monoisotopic (exact) mass is 248 g/mol. The van der Waals surface area contributed by atoms with Gasteiger partial charge in [-0.05, 0) is 50.7 Å². The summed E-state index contributed by atoms with van der Waals surface area (Å²) in [5, 5.41) is 2.98. The van der Waals surface area contributed by atoms with Crippen molar-refractivity contribution >= 4 is 11.6 Å². The third kappa shape index (κ3) is 3.00. The first-order chi connectivity index (χ1) is 8.70. The molecule has 5 nitrogen and oxygen atoms in total. The lowest BCUT2D eigenvalue weighted by atomic mass is 10.2. The fourth-order valence-corrected chi connectivity index (χ4v) is 2.27. The molecule has 1 heterocycles. The summed E-state index contributed by atoms with van der Waals surface area (Å²) in [7, 11) is 2.10. The number of amides is 1. The highest BCUT2D eigenvalue weighted by Crippen LogP contribution is 2.14.